The summed E-state index contributed by atoms with van der Waals surface area (Å²) in [5.41, 5.74) is 1.54. The van der Waals surface area contributed by atoms with Gasteiger partial charge >= 0.3 is 0 Å². The molecule has 0 fully saturated rings. The topological polar surface area (TPSA) is 46.9 Å². The van der Waals surface area contributed by atoms with Gasteiger partial charge in [-0.15, -0.1) is 0 Å². The summed E-state index contributed by atoms with van der Waals surface area (Å²) in [5, 5.41) is 7.06. The third-order valence-corrected chi connectivity index (χ3v) is 3.22. The van der Waals surface area contributed by atoms with Crippen LogP contribution in [0.4, 0.5) is 0 Å². The molecule has 0 aliphatic rings. The van der Waals surface area contributed by atoms with Gasteiger partial charge in [0.1, 0.15) is 0 Å². The molecule has 0 aliphatic carbocycles. The molecular weight excluding hydrogens is 341 g/mol. The zero-order chi connectivity index (χ0) is 12.8. The molecule has 0 atom stereocenters. The van der Waals surface area contributed by atoms with E-state index >= 15 is 0 Å². The molecule has 94 valence electrons. The van der Waals surface area contributed by atoms with E-state index < -0.39 is 0 Å². The fourth-order valence-corrected chi connectivity index (χ4v) is 1.91. The fourth-order valence-electron chi connectivity index (χ4n) is 1.53. The number of hydrogen-bond donors (Lipinski definition) is 1. The van der Waals surface area contributed by atoms with Crippen LogP contribution in [-0.2, 0) is 0 Å². The number of aromatic nitrogens is 2. The molecule has 0 saturated carbocycles. The predicted octanol–water partition coefficient (Wildman–Crippen LogP) is 2.43. The fraction of sp³-hybridized carbons (Fsp3) is 0.231. The molecule has 2 aromatic rings. The summed E-state index contributed by atoms with van der Waals surface area (Å²) in [5.74, 6) is -0.0676. The van der Waals surface area contributed by atoms with Crippen molar-refractivity contribution >= 4 is 28.5 Å². The smallest absolute Gasteiger partial charge is 0.254 e. The van der Waals surface area contributed by atoms with Crippen molar-refractivity contribution < 1.29 is 4.79 Å². The van der Waals surface area contributed by atoms with Crippen molar-refractivity contribution in [2.45, 2.75) is 6.42 Å². The average Bonchev–Trinajstić information content (AvgIpc) is 2.89. The highest BCUT2D eigenvalue weighted by Crippen LogP contribution is 2.07. The van der Waals surface area contributed by atoms with Gasteiger partial charge in [-0.3, -0.25) is 4.79 Å². The molecule has 0 radical (unpaired) electrons. The summed E-state index contributed by atoms with van der Waals surface area (Å²) in [7, 11) is 0. The number of alkyl halides is 1. The predicted molar refractivity (Wildman–Crippen MR) is 79.4 cm³/mol. The van der Waals surface area contributed by atoms with E-state index in [0.717, 1.165) is 16.5 Å². The van der Waals surface area contributed by atoms with Gasteiger partial charge in [-0.25, -0.2) is 4.68 Å². The maximum Gasteiger partial charge on any atom is 0.254 e. The highest BCUT2D eigenvalue weighted by atomic mass is 127. The maximum atomic E-state index is 11.8. The monoisotopic (exact) mass is 355 g/mol. The van der Waals surface area contributed by atoms with E-state index in [4.69, 9.17) is 0 Å². The first-order chi connectivity index (χ1) is 8.81. The second kappa shape index (κ2) is 6.53. The van der Waals surface area contributed by atoms with Gasteiger partial charge in [0.05, 0.1) is 17.4 Å². The van der Waals surface area contributed by atoms with Gasteiger partial charge in [0.2, 0.25) is 0 Å². The van der Waals surface area contributed by atoms with Crippen LogP contribution in [0.5, 0.6) is 0 Å². The van der Waals surface area contributed by atoms with E-state index in [1.165, 1.54) is 0 Å². The normalized spacial score (nSPS) is 10.3. The first-order valence-electron chi connectivity index (χ1n) is 5.75. The maximum absolute atomic E-state index is 11.8. The minimum absolute atomic E-state index is 0.0676. The van der Waals surface area contributed by atoms with Crippen LogP contribution in [0.3, 0.4) is 0 Å². The van der Waals surface area contributed by atoms with Crippen LogP contribution < -0.4 is 5.32 Å². The number of nitrogens with zero attached hydrogens (tertiary/aromatic N) is 2. The molecule has 5 heteroatoms. The molecule has 2 rings (SSSR count). The van der Waals surface area contributed by atoms with Crippen molar-refractivity contribution in [3.63, 3.8) is 0 Å². The number of halogens is 1. The molecule has 1 N–H and O–H groups in total. The number of para-hydroxylation sites is 1. The minimum atomic E-state index is -0.0676. The van der Waals surface area contributed by atoms with E-state index in [0.29, 0.717) is 12.1 Å². The summed E-state index contributed by atoms with van der Waals surface area (Å²) in [6, 6.07) is 9.73. The molecule has 0 aliphatic heterocycles. The second-order valence-electron chi connectivity index (χ2n) is 3.81. The van der Waals surface area contributed by atoms with Crippen molar-refractivity contribution in [2.75, 3.05) is 11.0 Å². The Morgan fingerprint density at radius 2 is 2.11 bits per heavy atom. The van der Waals surface area contributed by atoms with Gasteiger partial charge in [0, 0.05) is 17.2 Å². The molecule has 1 amide bonds. The van der Waals surface area contributed by atoms with Gasteiger partial charge < -0.3 is 5.32 Å². The summed E-state index contributed by atoms with van der Waals surface area (Å²) in [6.45, 7) is 0.707. The van der Waals surface area contributed by atoms with Gasteiger partial charge in [-0.2, -0.15) is 5.10 Å². The molecule has 1 aromatic carbocycles. The zero-order valence-electron chi connectivity index (χ0n) is 9.84. The molecule has 18 heavy (non-hydrogen) atoms. The van der Waals surface area contributed by atoms with Crippen LogP contribution in [-0.4, -0.2) is 26.7 Å². The minimum Gasteiger partial charge on any atom is -0.352 e. The summed E-state index contributed by atoms with van der Waals surface area (Å²) >= 11 is 2.29. The highest BCUT2D eigenvalue weighted by Gasteiger charge is 2.08. The van der Waals surface area contributed by atoms with Crippen LogP contribution in [0.15, 0.2) is 42.7 Å². The Bertz CT molecular complexity index is 510. The van der Waals surface area contributed by atoms with Gasteiger partial charge in [-0.1, -0.05) is 40.8 Å². The lowest BCUT2D eigenvalue weighted by Gasteiger charge is -2.01. The van der Waals surface area contributed by atoms with Crippen LogP contribution >= 0.6 is 22.6 Å². The summed E-state index contributed by atoms with van der Waals surface area (Å²) in [4.78, 5) is 11.8. The number of carbonyl (C=O) groups is 1. The third kappa shape index (κ3) is 3.32. The lowest BCUT2D eigenvalue weighted by molar-refractivity contribution is 0.0954. The summed E-state index contributed by atoms with van der Waals surface area (Å²) in [6.07, 6.45) is 4.32. The Hall–Kier alpha value is -1.37. The highest BCUT2D eigenvalue weighted by molar-refractivity contribution is 14.1. The summed E-state index contributed by atoms with van der Waals surface area (Å²) < 4.78 is 2.74. The molecule has 0 saturated heterocycles. The standard InChI is InChI=1S/C13H14IN3O/c14-7-4-8-15-13(18)11-9-16-17(10-11)12-5-2-1-3-6-12/h1-3,5-6,9-10H,4,7-8H2,(H,15,18). The lowest BCUT2D eigenvalue weighted by Crippen LogP contribution is -2.24. The van der Waals surface area contributed by atoms with E-state index in [2.05, 4.69) is 33.0 Å². The van der Waals surface area contributed by atoms with E-state index in [9.17, 15) is 4.79 Å². The Balaban J connectivity index is 2.04. The first-order valence-corrected chi connectivity index (χ1v) is 7.28. The lowest BCUT2D eigenvalue weighted by atomic mass is 10.3. The van der Waals surface area contributed by atoms with Crippen LogP contribution in [0.2, 0.25) is 0 Å². The SMILES string of the molecule is O=C(NCCCI)c1cnn(-c2ccccc2)c1. The van der Waals surface area contributed by atoms with Crippen LogP contribution in [0, 0.1) is 0 Å². The van der Waals surface area contributed by atoms with Crippen molar-refractivity contribution in [3.8, 4) is 5.69 Å². The molecular formula is C13H14IN3O. The van der Waals surface area contributed by atoms with Gasteiger partial charge in [0.15, 0.2) is 0 Å². The molecule has 0 bridgehead atoms. The molecule has 0 spiro atoms. The number of amides is 1. The Kier molecular flexibility index (Phi) is 4.74. The third-order valence-electron chi connectivity index (χ3n) is 2.46. The van der Waals surface area contributed by atoms with Gasteiger partial charge in [-0.05, 0) is 18.6 Å². The largest absolute Gasteiger partial charge is 0.352 e. The van der Waals surface area contributed by atoms with E-state index in [1.807, 2.05) is 30.3 Å². The first kappa shape index (κ1) is 13.1. The Morgan fingerprint density at radius 3 is 2.83 bits per heavy atom. The molecule has 4 nitrogen and oxygen atoms in total. The molecule has 1 aromatic heterocycles. The number of rotatable bonds is 5. The Labute approximate surface area is 120 Å². The molecule has 0 unspecified atom stereocenters. The number of benzene rings is 1. The molecule has 1 heterocycles. The average molecular weight is 355 g/mol. The van der Waals surface area contributed by atoms with Crippen molar-refractivity contribution in [1.82, 2.24) is 15.1 Å². The number of nitrogens with one attached hydrogen (secondary N) is 1. The van der Waals surface area contributed by atoms with Crippen LogP contribution in [0.1, 0.15) is 16.8 Å². The zero-order valence-corrected chi connectivity index (χ0v) is 12.0. The van der Waals surface area contributed by atoms with Gasteiger partial charge in [0.25, 0.3) is 5.91 Å². The quantitative estimate of drug-likeness (QED) is 0.509. The van der Waals surface area contributed by atoms with Crippen molar-refractivity contribution in [1.29, 1.82) is 0 Å². The number of hydrogen-bond acceptors (Lipinski definition) is 2. The van der Waals surface area contributed by atoms with E-state index in [-0.39, 0.29) is 5.91 Å². The van der Waals surface area contributed by atoms with Crippen molar-refractivity contribution in [3.05, 3.63) is 48.3 Å². The second-order valence-corrected chi connectivity index (χ2v) is 4.89. The van der Waals surface area contributed by atoms with Crippen molar-refractivity contribution in [2.24, 2.45) is 0 Å². The van der Waals surface area contributed by atoms with Crippen LogP contribution in [0.25, 0.3) is 5.69 Å². The number of carbonyl (C=O) groups excluding carboxylic acids is 1. The Morgan fingerprint density at radius 1 is 1.33 bits per heavy atom. The van der Waals surface area contributed by atoms with E-state index in [1.54, 1.807) is 17.1 Å².